The maximum Gasteiger partial charge on any atom is 0.305 e. The van der Waals surface area contributed by atoms with Gasteiger partial charge in [-0.15, -0.1) is 0 Å². The number of carboxylic acids is 1. The van der Waals surface area contributed by atoms with Crippen molar-refractivity contribution in [3.8, 4) is 0 Å². The number of hydrogen-bond donors (Lipinski definition) is 10. The summed E-state index contributed by atoms with van der Waals surface area (Å²) >= 11 is 0. The first kappa shape index (κ1) is 26.1. The zero-order chi connectivity index (χ0) is 23.0. The van der Waals surface area contributed by atoms with Gasteiger partial charge in [-0.1, -0.05) is 0 Å². The van der Waals surface area contributed by atoms with Crippen molar-refractivity contribution in [1.29, 1.82) is 0 Å². The van der Waals surface area contributed by atoms with Crippen molar-refractivity contribution in [2.45, 2.75) is 68.2 Å². The van der Waals surface area contributed by atoms with Crippen LogP contribution in [0.15, 0.2) is 0 Å². The SMILES string of the molecule is N[C@@H](CC(=O)O)C(=O)N[C@H](C(=O)NC[C@@H]1O[C@@H](O)[C@@H](O)[C@H](O)[C@@H]1O)C(O)CCCO. The Morgan fingerprint density at radius 1 is 1.03 bits per heavy atom. The summed E-state index contributed by atoms with van der Waals surface area (Å²) < 4.78 is 4.91. The predicted octanol–water partition coefficient (Wildman–Crippen LogP) is -5.68. The van der Waals surface area contributed by atoms with E-state index in [1.165, 1.54) is 0 Å². The first-order valence-corrected chi connectivity index (χ1v) is 9.21. The van der Waals surface area contributed by atoms with E-state index in [1.807, 2.05) is 0 Å². The van der Waals surface area contributed by atoms with Crippen LogP contribution in [-0.4, -0.2) is 116 Å². The Morgan fingerprint density at radius 3 is 2.23 bits per heavy atom. The first-order chi connectivity index (χ1) is 14.0. The van der Waals surface area contributed by atoms with E-state index in [0.29, 0.717) is 0 Å². The normalized spacial score (nSPS) is 29.5. The molecule has 14 heteroatoms. The number of nitrogens with two attached hydrogens (primary N) is 1. The van der Waals surface area contributed by atoms with Gasteiger partial charge in [-0.25, -0.2) is 0 Å². The highest BCUT2D eigenvalue weighted by molar-refractivity contribution is 5.91. The molecule has 1 aliphatic rings. The number of carbonyl (C=O) groups is 3. The van der Waals surface area contributed by atoms with Crippen LogP contribution in [0.2, 0.25) is 0 Å². The number of ether oxygens (including phenoxy) is 1. The summed E-state index contributed by atoms with van der Waals surface area (Å²) in [6, 6.07) is -3.07. The standard InChI is InChI=1S/C16H29N3O11/c17-6(4-9(22)23)14(27)19-10(7(21)2-1-3-20)15(28)18-5-8-11(24)12(25)13(26)16(29)30-8/h6-8,10-13,16,20-21,24-26,29H,1-5,17H2,(H,18,28)(H,19,27)(H,22,23)/t6-,7?,8-,10-,11+,12+,13-,16+/m0/s1. The summed E-state index contributed by atoms with van der Waals surface area (Å²) in [5.74, 6) is -3.31. The Balaban J connectivity index is 2.79. The number of hydrogen-bond acceptors (Lipinski definition) is 11. The fraction of sp³-hybridized carbons (Fsp3) is 0.812. The molecule has 11 N–H and O–H groups in total. The maximum atomic E-state index is 12.5. The van der Waals surface area contributed by atoms with Gasteiger partial charge in [-0.3, -0.25) is 14.4 Å². The minimum Gasteiger partial charge on any atom is -0.481 e. The second kappa shape index (κ2) is 12.1. The lowest BCUT2D eigenvalue weighted by Crippen LogP contribution is -2.62. The number of aliphatic hydroxyl groups excluding tert-OH is 6. The molecule has 1 unspecified atom stereocenters. The molecule has 1 fully saturated rings. The third-order valence-corrected chi connectivity index (χ3v) is 4.52. The molecule has 0 aliphatic carbocycles. The highest BCUT2D eigenvalue weighted by atomic mass is 16.6. The second-order valence-corrected chi connectivity index (χ2v) is 6.91. The van der Waals surface area contributed by atoms with E-state index in [0.717, 1.165) is 0 Å². The number of aliphatic carboxylic acids is 1. The van der Waals surface area contributed by atoms with Gasteiger partial charge in [0.1, 0.15) is 30.5 Å². The third-order valence-electron chi connectivity index (χ3n) is 4.52. The van der Waals surface area contributed by atoms with Crippen LogP contribution in [0.5, 0.6) is 0 Å². The average molecular weight is 439 g/mol. The van der Waals surface area contributed by atoms with Crippen molar-refractivity contribution in [3.05, 3.63) is 0 Å². The van der Waals surface area contributed by atoms with Crippen molar-refractivity contribution < 1.29 is 54.9 Å². The number of amides is 2. The van der Waals surface area contributed by atoms with Crippen molar-refractivity contribution >= 4 is 17.8 Å². The largest absolute Gasteiger partial charge is 0.481 e. The molecule has 1 heterocycles. The minimum absolute atomic E-state index is 0.0881. The van der Waals surface area contributed by atoms with Crippen molar-refractivity contribution in [2.75, 3.05) is 13.2 Å². The summed E-state index contributed by atoms with van der Waals surface area (Å²) in [6.07, 6.45) is -10.4. The Hall–Kier alpha value is -1.91. The Kier molecular flexibility index (Phi) is 10.5. The van der Waals surface area contributed by atoms with Crippen molar-refractivity contribution in [3.63, 3.8) is 0 Å². The lowest BCUT2D eigenvalue weighted by molar-refractivity contribution is -0.280. The van der Waals surface area contributed by atoms with Gasteiger partial charge in [0.05, 0.1) is 18.6 Å². The quantitative estimate of drug-likeness (QED) is 0.145. The molecule has 14 nitrogen and oxygen atoms in total. The van der Waals surface area contributed by atoms with Crippen molar-refractivity contribution in [1.82, 2.24) is 10.6 Å². The molecule has 0 aromatic carbocycles. The van der Waals surface area contributed by atoms with Crippen LogP contribution in [-0.2, 0) is 19.1 Å². The molecule has 0 spiro atoms. The number of rotatable bonds is 11. The zero-order valence-electron chi connectivity index (χ0n) is 16.0. The molecule has 0 bridgehead atoms. The molecule has 30 heavy (non-hydrogen) atoms. The van der Waals surface area contributed by atoms with Crippen LogP contribution in [0.25, 0.3) is 0 Å². The van der Waals surface area contributed by atoms with Crippen LogP contribution in [0.4, 0.5) is 0 Å². The topological polar surface area (TPSA) is 252 Å². The summed E-state index contributed by atoms with van der Waals surface area (Å²) in [5.41, 5.74) is 5.44. The van der Waals surface area contributed by atoms with Gasteiger partial charge >= 0.3 is 5.97 Å². The Morgan fingerprint density at radius 2 is 1.67 bits per heavy atom. The average Bonchev–Trinajstić information content (AvgIpc) is 2.69. The molecular formula is C16H29N3O11. The van der Waals surface area contributed by atoms with Gasteiger partial charge in [-0.05, 0) is 12.8 Å². The van der Waals surface area contributed by atoms with Crippen LogP contribution in [0.1, 0.15) is 19.3 Å². The van der Waals surface area contributed by atoms with Crippen molar-refractivity contribution in [2.24, 2.45) is 5.73 Å². The van der Waals surface area contributed by atoms with E-state index in [2.05, 4.69) is 10.6 Å². The lowest BCUT2D eigenvalue weighted by atomic mass is 9.98. The van der Waals surface area contributed by atoms with E-state index in [-0.39, 0.29) is 19.4 Å². The number of nitrogens with one attached hydrogen (secondary N) is 2. The van der Waals surface area contributed by atoms with E-state index in [4.69, 9.17) is 20.7 Å². The molecular weight excluding hydrogens is 410 g/mol. The highest BCUT2D eigenvalue weighted by Crippen LogP contribution is 2.19. The smallest absolute Gasteiger partial charge is 0.305 e. The van der Waals surface area contributed by atoms with Crippen LogP contribution in [0.3, 0.4) is 0 Å². The van der Waals surface area contributed by atoms with E-state index in [1.54, 1.807) is 0 Å². The van der Waals surface area contributed by atoms with Crippen LogP contribution >= 0.6 is 0 Å². The molecule has 1 saturated heterocycles. The predicted molar refractivity (Wildman–Crippen MR) is 96.4 cm³/mol. The summed E-state index contributed by atoms with van der Waals surface area (Å²) in [5, 5.41) is 70.7. The third kappa shape index (κ3) is 7.41. The second-order valence-electron chi connectivity index (χ2n) is 6.91. The number of carboxylic acid groups (broad SMARTS) is 1. The zero-order valence-corrected chi connectivity index (χ0v) is 16.0. The highest BCUT2D eigenvalue weighted by Gasteiger charge is 2.43. The van der Waals surface area contributed by atoms with Crippen LogP contribution < -0.4 is 16.4 Å². The fourth-order valence-electron chi connectivity index (χ4n) is 2.76. The summed E-state index contributed by atoms with van der Waals surface area (Å²) in [7, 11) is 0. The molecule has 0 aromatic rings. The molecule has 8 atom stereocenters. The first-order valence-electron chi connectivity index (χ1n) is 9.21. The summed E-state index contributed by atoms with van der Waals surface area (Å²) in [6.45, 7) is -0.765. The van der Waals surface area contributed by atoms with Gasteiger partial charge in [0, 0.05) is 13.2 Å². The molecule has 1 rings (SSSR count). The van der Waals surface area contributed by atoms with Gasteiger partial charge in [0.2, 0.25) is 11.8 Å². The molecule has 1 aliphatic heterocycles. The molecule has 2 amide bonds. The number of carbonyl (C=O) groups excluding carboxylic acids is 2. The molecule has 0 aromatic heterocycles. The van der Waals surface area contributed by atoms with Gasteiger partial charge in [-0.2, -0.15) is 0 Å². The number of aliphatic hydroxyl groups is 6. The van der Waals surface area contributed by atoms with Gasteiger partial charge < -0.3 is 56.8 Å². The molecule has 174 valence electrons. The van der Waals surface area contributed by atoms with E-state index in [9.17, 15) is 39.9 Å². The van der Waals surface area contributed by atoms with Crippen LogP contribution in [0, 0.1) is 0 Å². The summed E-state index contributed by atoms with van der Waals surface area (Å²) in [4.78, 5) is 35.2. The fourth-order valence-corrected chi connectivity index (χ4v) is 2.76. The van der Waals surface area contributed by atoms with E-state index >= 15 is 0 Å². The monoisotopic (exact) mass is 439 g/mol. The minimum atomic E-state index is -1.81. The van der Waals surface area contributed by atoms with Gasteiger partial charge in [0.15, 0.2) is 6.29 Å². The van der Waals surface area contributed by atoms with E-state index < -0.39 is 79.6 Å². The maximum absolute atomic E-state index is 12.5. The van der Waals surface area contributed by atoms with Gasteiger partial charge in [0.25, 0.3) is 0 Å². The molecule has 0 radical (unpaired) electrons. The Labute approximate surface area is 171 Å². The Bertz CT molecular complexity index is 593. The lowest BCUT2D eigenvalue weighted by Gasteiger charge is -2.38. The molecule has 0 saturated carbocycles.